The van der Waals surface area contributed by atoms with E-state index in [9.17, 15) is 9.59 Å². The Labute approximate surface area is 65.7 Å². The number of carbonyl (C=O) groups excluding carboxylic acids is 2. The van der Waals surface area contributed by atoms with Gasteiger partial charge in [0.25, 0.3) is 0 Å². The van der Waals surface area contributed by atoms with Crippen LogP contribution in [-0.4, -0.2) is 19.0 Å². The molecular formula is C7H13NO3. The molecule has 4 heteroatoms. The molecule has 0 saturated carbocycles. The fourth-order valence-electron chi connectivity index (χ4n) is 0.678. The molecule has 0 rings (SSSR count). The van der Waals surface area contributed by atoms with Crippen LogP contribution in [0.25, 0.3) is 0 Å². The number of primary amides is 1. The second-order valence-corrected chi connectivity index (χ2v) is 2.43. The van der Waals surface area contributed by atoms with Crippen LogP contribution >= 0.6 is 0 Å². The third kappa shape index (κ3) is 4.36. The summed E-state index contributed by atoms with van der Waals surface area (Å²) in [5, 5.41) is 0. The molecule has 4 nitrogen and oxygen atoms in total. The molecule has 0 radical (unpaired) electrons. The zero-order valence-corrected chi connectivity index (χ0v) is 6.79. The minimum absolute atomic E-state index is 0.232. The summed E-state index contributed by atoms with van der Waals surface area (Å²) in [6.07, 6.45) is 0.693. The van der Waals surface area contributed by atoms with Crippen LogP contribution < -0.4 is 5.73 Å². The second kappa shape index (κ2) is 4.71. The van der Waals surface area contributed by atoms with Gasteiger partial charge in [0.2, 0.25) is 5.91 Å². The zero-order chi connectivity index (χ0) is 8.85. The zero-order valence-electron chi connectivity index (χ0n) is 6.79. The Morgan fingerprint density at radius 3 is 2.45 bits per heavy atom. The van der Waals surface area contributed by atoms with Crippen LogP contribution in [0.3, 0.4) is 0 Å². The van der Waals surface area contributed by atoms with Crippen LogP contribution in [0.4, 0.5) is 0 Å². The number of nitrogens with two attached hydrogens (primary N) is 1. The molecule has 0 aliphatic rings. The highest BCUT2D eigenvalue weighted by molar-refractivity contribution is 5.76. The van der Waals surface area contributed by atoms with Crippen LogP contribution in [0.5, 0.6) is 0 Å². The fraction of sp³-hybridized carbons (Fsp3) is 0.714. The van der Waals surface area contributed by atoms with Gasteiger partial charge in [-0.3, -0.25) is 9.59 Å². The second-order valence-electron chi connectivity index (χ2n) is 2.43. The van der Waals surface area contributed by atoms with Gasteiger partial charge in [-0.05, 0) is 6.42 Å². The highest BCUT2D eigenvalue weighted by Crippen LogP contribution is 2.06. The molecule has 0 fully saturated rings. The van der Waals surface area contributed by atoms with Gasteiger partial charge in [-0.25, -0.2) is 0 Å². The Hall–Kier alpha value is -1.06. The van der Waals surface area contributed by atoms with E-state index >= 15 is 0 Å². The van der Waals surface area contributed by atoms with Crippen LogP contribution in [0.2, 0.25) is 0 Å². The first-order valence-electron chi connectivity index (χ1n) is 3.44. The van der Waals surface area contributed by atoms with Gasteiger partial charge < -0.3 is 10.5 Å². The lowest BCUT2D eigenvalue weighted by atomic mass is 10.1. The normalized spacial score (nSPS) is 12.2. The minimum atomic E-state index is -0.388. The number of esters is 1. The maximum absolute atomic E-state index is 10.7. The molecular weight excluding hydrogens is 146 g/mol. The summed E-state index contributed by atoms with van der Waals surface area (Å²) in [5.41, 5.74) is 4.89. The van der Waals surface area contributed by atoms with E-state index in [4.69, 9.17) is 5.73 Å². The Bertz CT molecular complexity index is 156. The summed E-state index contributed by atoms with van der Waals surface area (Å²) in [7, 11) is 1.32. The van der Waals surface area contributed by atoms with Crippen molar-refractivity contribution in [3.8, 4) is 0 Å². The van der Waals surface area contributed by atoms with Crippen molar-refractivity contribution in [2.24, 2.45) is 11.7 Å². The lowest BCUT2D eigenvalue weighted by Crippen LogP contribution is -2.17. The first kappa shape index (κ1) is 9.94. The van der Waals surface area contributed by atoms with Crippen molar-refractivity contribution in [3.63, 3.8) is 0 Å². The molecule has 0 spiro atoms. The smallest absolute Gasteiger partial charge is 0.308 e. The van der Waals surface area contributed by atoms with Crippen molar-refractivity contribution < 1.29 is 14.3 Å². The summed E-state index contributed by atoms with van der Waals surface area (Å²) < 4.78 is 4.45. The number of amides is 1. The molecule has 0 unspecified atom stereocenters. The fourth-order valence-corrected chi connectivity index (χ4v) is 0.678. The number of hydrogen-bond acceptors (Lipinski definition) is 3. The minimum Gasteiger partial charge on any atom is -0.469 e. The Kier molecular flexibility index (Phi) is 4.26. The molecule has 1 amide bonds. The van der Waals surface area contributed by atoms with Crippen LogP contribution in [0.15, 0.2) is 0 Å². The molecule has 1 atom stereocenters. The monoisotopic (exact) mass is 159 g/mol. The summed E-state index contributed by atoms with van der Waals surface area (Å²) in [5.74, 6) is -0.931. The summed E-state index contributed by atoms with van der Waals surface area (Å²) in [4.78, 5) is 21.0. The average Bonchev–Trinajstić information content (AvgIpc) is 1.98. The predicted molar refractivity (Wildman–Crippen MR) is 39.6 cm³/mol. The molecule has 11 heavy (non-hydrogen) atoms. The maximum atomic E-state index is 10.7. The van der Waals surface area contributed by atoms with Gasteiger partial charge in [0.05, 0.1) is 13.0 Å². The maximum Gasteiger partial charge on any atom is 0.308 e. The van der Waals surface area contributed by atoms with Crippen molar-refractivity contribution in [2.75, 3.05) is 7.11 Å². The SMILES string of the molecule is COC(=O)[C@H](C)CCC(N)=O. The summed E-state index contributed by atoms with van der Waals surface area (Å²) in [6, 6.07) is 0. The molecule has 0 aliphatic heterocycles. The van der Waals surface area contributed by atoms with Crippen molar-refractivity contribution in [3.05, 3.63) is 0 Å². The van der Waals surface area contributed by atoms with Gasteiger partial charge in [0.1, 0.15) is 0 Å². The number of carbonyl (C=O) groups is 2. The van der Waals surface area contributed by atoms with Crippen LogP contribution in [0, 0.1) is 5.92 Å². The molecule has 0 bridgehead atoms. The summed E-state index contributed by atoms with van der Waals surface area (Å²) in [6.45, 7) is 1.70. The van der Waals surface area contributed by atoms with E-state index in [1.807, 2.05) is 0 Å². The number of hydrogen-bond donors (Lipinski definition) is 1. The topological polar surface area (TPSA) is 69.4 Å². The van der Waals surface area contributed by atoms with Gasteiger partial charge in [-0.1, -0.05) is 6.92 Å². The first-order valence-corrected chi connectivity index (χ1v) is 3.44. The third-order valence-electron chi connectivity index (χ3n) is 1.43. The quantitative estimate of drug-likeness (QED) is 0.590. The largest absolute Gasteiger partial charge is 0.469 e. The standard InChI is InChI=1S/C7H13NO3/c1-5(7(10)11-2)3-4-6(8)9/h5H,3-4H2,1-2H3,(H2,8,9)/t5-/m1/s1. The van der Waals surface area contributed by atoms with E-state index in [1.54, 1.807) is 6.92 Å². The Morgan fingerprint density at radius 2 is 2.09 bits per heavy atom. The molecule has 64 valence electrons. The van der Waals surface area contributed by atoms with Gasteiger partial charge in [-0.15, -0.1) is 0 Å². The van der Waals surface area contributed by atoms with E-state index in [-0.39, 0.29) is 24.2 Å². The van der Waals surface area contributed by atoms with Crippen LogP contribution in [0.1, 0.15) is 19.8 Å². The van der Waals surface area contributed by atoms with E-state index < -0.39 is 0 Å². The molecule has 0 aliphatic carbocycles. The Morgan fingerprint density at radius 1 is 1.55 bits per heavy atom. The highest BCUT2D eigenvalue weighted by atomic mass is 16.5. The number of ether oxygens (including phenoxy) is 1. The lowest BCUT2D eigenvalue weighted by molar-refractivity contribution is -0.145. The highest BCUT2D eigenvalue weighted by Gasteiger charge is 2.13. The number of methoxy groups -OCH3 is 1. The average molecular weight is 159 g/mol. The van der Waals surface area contributed by atoms with Gasteiger partial charge >= 0.3 is 5.97 Å². The van der Waals surface area contributed by atoms with E-state index in [0.29, 0.717) is 6.42 Å². The lowest BCUT2D eigenvalue weighted by Gasteiger charge is -2.05. The molecule has 0 heterocycles. The van der Waals surface area contributed by atoms with Gasteiger partial charge in [-0.2, -0.15) is 0 Å². The molecule has 0 aromatic heterocycles. The predicted octanol–water partition coefficient (Wildman–Crippen LogP) is 0.0610. The van der Waals surface area contributed by atoms with Crippen LogP contribution in [-0.2, 0) is 14.3 Å². The molecule has 0 saturated heterocycles. The summed E-state index contributed by atoms with van der Waals surface area (Å²) >= 11 is 0. The van der Waals surface area contributed by atoms with Gasteiger partial charge in [0, 0.05) is 6.42 Å². The van der Waals surface area contributed by atoms with Crippen molar-refractivity contribution in [1.29, 1.82) is 0 Å². The van der Waals surface area contributed by atoms with E-state index in [0.717, 1.165) is 0 Å². The number of rotatable bonds is 4. The van der Waals surface area contributed by atoms with Crippen molar-refractivity contribution >= 4 is 11.9 Å². The van der Waals surface area contributed by atoms with E-state index in [1.165, 1.54) is 7.11 Å². The third-order valence-corrected chi connectivity index (χ3v) is 1.43. The van der Waals surface area contributed by atoms with Crippen molar-refractivity contribution in [1.82, 2.24) is 0 Å². The molecule has 0 aromatic rings. The molecule has 2 N–H and O–H groups in total. The van der Waals surface area contributed by atoms with Gasteiger partial charge in [0.15, 0.2) is 0 Å². The molecule has 0 aromatic carbocycles. The van der Waals surface area contributed by atoms with Crippen molar-refractivity contribution in [2.45, 2.75) is 19.8 Å². The Balaban J connectivity index is 3.60. The van der Waals surface area contributed by atoms with E-state index in [2.05, 4.69) is 4.74 Å². The first-order chi connectivity index (χ1) is 5.07.